The number of hydrogen-bond acceptors (Lipinski definition) is 4. The molecule has 0 fully saturated rings. The summed E-state index contributed by atoms with van der Waals surface area (Å²) >= 11 is -3.95. The highest BCUT2D eigenvalue weighted by atomic mass is 32.3. The van der Waals surface area contributed by atoms with E-state index in [2.05, 4.69) is 0 Å². The molecule has 112 valence electrons. The molecule has 2 atom stereocenters. The molecule has 0 aliphatic carbocycles. The van der Waals surface area contributed by atoms with Crippen LogP contribution in [0.2, 0.25) is 0 Å². The minimum absolute atomic E-state index is 0.439. The van der Waals surface area contributed by atoms with E-state index in [-0.39, 0.29) is 0 Å². The molecule has 0 N–H and O–H groups in total. The average Bonchev–Trinajstić information content (AvgIpc) is 2.49. The summed E-state index contributed by atoms with van der Waals surface area (Å²) in [5.74, 6) is 0.439. The Bertz CT molecular complexity index is 653. The fourth-order valence-corrected chi connectivity index (χ4v) is 3.18. The Labute approximate surface area is 129 Å². The summed E-state index contributed by atoms with van der Waals surface area (Å²) in [6.45, 7) is 3.86. The number of para-hydroxylation sites is 1. The summed E-state index contributed by atoms with van der Waals surface area (Å²) < 4.78 is 33.7. The molecular weight excluding hydrogens is 308 g/mol. The fourth-order valence-electron chi connectivity index (χ4n) is 1.66. The van der Waals surface area contributed by atoms with E-state index < -0.39 is 22.4 Å². The third-order valence-electron chi connectivity index (χ3n) is 2.89. The van der Waals surface area contributed by atoms with Crippen molar-refractivity contribution in [2.75, 3.05) is 0 Å². The molecule has 4 nitrogen and oxygen atoms in total. The first-order valence-electron chi connectivity index (χ1n) is 6.45. The predicted molar refractivity (Wildman–Crippen MR) is 83.3 cm³/mol. The van der Waals surface area contributed by atoms with Gasteiger partial charge in [0.1, 0.15) is 5.75 Å². The van der Waals surface area contributed by atoms with Crippen LogP contribution in [-0.2, 0) is 32.5 Å². The lowest BCUT2D eigenvalue weighted by Crippen LogP contribution is -2.08. The summed E-state index contributed by atoms with van der Waals surface area (Å²) in [5, 5.41) is 0. The summed E-state index contributed by atoms with van der Waals surface area (Å²) in [7, 11) is 0. The van der Waals surface area contributed by atoms with Gasteiger partial charge >= 0.3 is 11.4 Å². The molecule has 2 aromatic carbocycles. The van der Waals surface area contributed by atoms with Crippen molar-refractivity contribution < 1.29 is 16.2 Å². The van der Waals surface area contributed by atoms with E-state index in [1.54, 1.807) is 24.3 Å². The van der Waals surface area contributed by atoms with E-state index >= 15 is 0 Å². The quantitative estimate of drug-likeness (QED) is 0.818. The molecule has 0 aromatic heterocycles. The topological polar surface area (TPSA) is 52.6 Å². The fraction of sp³-hybridized carbons (Fsp3) is 0.200. The number of rotatable bonds is 6. The summed E-state index contributed by atoms with van der Waals surface area (Å²) in [4.78, 5) is 0.453. The third-order valence-corrected chi connectivity index (χ3v) is 4.80. The van der Waals surface area contributed by atoms with E-state index in [1.165, 1.54) is 0 Å². The van der Waals surface area contributed by atoms with E-state index in [0.717, 1.165) is 17.5 Å². The van der Waals surface area contributed by atoms with Crippen LogP contribution in [-0.4, -0.2) is 8.42 Å². The minimum Gasteiger partial charge on any atom is -0.379 e. The second-order valence-corrected chi connectivity index (χ2v) is 6.41. The van der Waals surface area contributed by atoms with Crippen molar-refractivity contribution in [2.24, 2.45) is 0 Å². The maximum atomic E-state index is 11.9. The Morgan fingerprint density at radius 1 is 1.00 bits per heavy atom. The Morgan fingerprint density at radius 3 is 2.29 bits per heavy atom. The number of benzene rings is 2. The van der Waals surface area contributed by atoms with Gasteiger partial charge < -0.3 is 4.18 Å². The van der Waals surface area contributed by atoms with Crippen LogP contribution >= 0.6 is 0 Å². The molecule has 2 aromatic rings. The van der Waals surface area contributed by atoms with Gasteiger partial charge in [-0.1, -0.05) is 37.3 Å². The van der Waals surface area contributed by atoms with Gasteiger partial charge in [0.15, 0.2) is 0 Å². The van der Waals surface area contributed by atoms with Crippen molar-refractivity contribution in [2.45, 2.75) is 25.2 Å². The van der Waals surface area contributed by atoms with Crippen LogP contribution in [0.4, 0.5) is 0 Å². The highest BCUT2D eigenvalue weighted by Gasteiger charge is 2.13. The highest BCUT2D eigenvalue weighted by molar-refractivity contribution is 7.91. The van der Waals surface area contributed by atoms with Gasteiger partial charge in [-0.25, -0.2) is 4.21 Å². The molecule has 0 saturated heterocycles. The van der Waals surface area contributed by atoms with Crippen LogP contribution in [0.5, 0.6) is 5.75 Å². The largest absolute Gasteiger partial charge is 0.379 e. The van der Waals surface area contributed by atoms with Crippen LogP contribution in [0.15, 0.2) is 53.4 Å². The first-order valence-corrected chi connectivity index (χ1v) is 8.53. The van der Waals surface area contributed by atoms with Gasteiger partial charge in [0.2, 0.25) is 11.1 Å². The molecule has 0 spiro atoms. The van der Waals surface area contributed by atoms with Gasteiger partial charge in [0.05, 0.1) is 4.90 Å². The van der Waals surface area contributed by atoms with Gasteiger partial charge in [-0.2, -0.15) is 7.84 Å². The zero-order valence-electron chi connectivity index (χ0n) is 11.8. The van der Waals surface area contributed by atoms with Gasteiger partial charge in [-0.05, 0) is 42.7 Å². The van der Waals surface area contributed by atoms with Crippen LogP contribution in [0.25, 0.3) is 0 Å². The maximum absolute atomic E-state index is 11.9. The zero-order chi connectivity index (χ0) is 15.2. The molecular formula is C15H16O4S2. The third kappa shape index (κ3) is 4.49. The lowest BCUT2D eigenvalue weighted by molar-refractivity contribution is 0.472. The van der Waals surface area contributed by atoms with E-state index in [4.69, 9.17) is 7.81 Å². The van der Waals surface area contributed by atoms with Crippen molar-refractivity contribution in [1.82, 2.24) is 0 Å². The van der Waals surface area contributed by atoms with Gasteiger partial charge in [0.25, 0.3) is 0 Å². The van der Waals surface area contributed by atoms with Gasteiger partial charge in [-0.15, -0.1) is 0 Å². The second-order valence-electron chi connectivity index (χ2n) is 4.35. The molecule has 0 amide bonds. The summed E-state index contributed by atoms with van der Waals surface area (Å²) in [6, 6.07) is 14.2. The van der Waals surface area contributed by atoms with Crippen molar-refractivity contribution in [3.05, 3.63) is 59.7 Å². The maximum Gasteiger partial charge on any atom is 0.374 e. The van der Waals surface area contributed by atoms with Crippen LogP contribution in [0, 0.1) is 6.92 Å². The van der Waals surface area contributed by atoms with E-state index in [9.17, 15) is 8.42 Å². The molecule has 2 unspecified atom stereocenters. The Kier molecular flexibility index (Phi) is 5.67. The Balaban J connectivity index is 1.98. The van der Waals surface area contributed by atoms with Gasteiger partial charge in [0, 0.05) is 0 Å². The molecule has 0 aliphatic heterocycles. The molecule has 0 bridgehead atoms. The second kappa shape index (κ2) is 7.49. The Hall–Kier alpha value is -1.50. The monoisotopic (exact) mass is 324 g/mol. The SMILES string of the molecule is CCc1ccc(S(=O)OS(=O)Oc2ccccc2C)cc1. The molecule has 6 heteroatoms. The molecule has 0 aliphatic rings. The normalized spacial score (nSPS) is 13.6. The summed E-state index contributed by atoms with van der Waals surface area (Å²) in [5.41, 5.74) is 1.96. The number of aryl methyl sites for hydroxylation is 2. The van der Waals surface area contributed by atoms with Crippen LogP contribution < -0.4 is 4.18 Å². The van der Waals surface area contributed by atoms with Crippen molar-refractivity contribution in [3.63, 3.8) is 0 Å². The zero-order valence-corrected chi connectivity index (χ0v) is 13.4. The van der Waals surface area contributed by atoms with Crippen molar-refractivity contribution in [1.29, 1.82) is 0 Å². The standard InChI is InChI=1S/C15H16O4S2/c1-3-13-8-10-14(11-9-13)20(16)19-21(17)18-15-7-5-4-6-12(15)2/h4-11H,3H2,1-2H3. The van der Waals surface area contributed by atoms with E-state index in [0.29, 0.717) is 10.6 Å². The smallest absolute Gasteiger partial charge is 0.374 e. The Morgan fingerprint density at radius 2 is 1.67 bits per heavy atom. The highest BCUT2D eigenvalue weighted by Crippen LogP contribution is 2.19. The molecule has 0 radical (unpaired) electrons. The van der Waals surface area contributed by atoms with Gasteiger partial charge in [-0.3, -0.25) is 0 Å². The molecule has 0 heterocycles. The molecule has 0 saturated carbocycles. The number of hydrogen-bond donors (Lipinski definition) is 0. The van der Waals surface area contributed by atoms with Crippen molar-refractivity contribution in [3.8, 4) is 5.75 Å². The molecule has 2 rings (SSSR count). The minimum atomic E-state index is -2.12. The first kappa shape index (κ1) is 15.9. The lowest BCUT2D eigenvalue weighted by atomic mass is 10.2. The average molecular weight is 324 g/mol. The first-order chi connectivity index (χ1) is 10.1. The van der Waals surface area contributed by atoms with Crippen molar-refractivity contribution >= 4 is 22.4 Å². The van der Waals surface area contributed by atoms with Crippen LogP contribution in [0.3, 0.4) is 0 Å². The van der Waals surface area contributed by atoms with E-state index in [1.807, 2.05) is 38.1 Å². The molecule has 21 heavy (non-hydrogen) atoms. The summed E-state index contributed by atoms with van der Waals surface area (Å²) in [6.07, 6.45) is 0.899. The lowest BCUT2D eigenvalue weighted by Gasteiger charge is -2.06. The predicted octanol–water partition coefficient (Wildman–Crippen LogP) is 3.25. The van der Waals surface area contributed by atoms with Crippen LogP contribution in [0.1, 0.15) is 18.1 Å².